The van der Waals surface area contributed by atoms with E-state index in [1.807, 2.05) is 0 Å². The van der Waals surface area contributed by atoms with Gasteiger partial charge in [0.1, 0.15) is 25.1 Å². The molecule has 0 aliphatic carbocycles. The van der Waals surface area contributed by atoms with Crippen LogP contribution in [0.4, 0.5) is 13.2 Å². The average Bonchev–Trinajstić information content (AvgIpc) is 3.21. The molecule has 0 radical (unpaired) electrons. The van der Waals surface area contributed by atoms with Crippen molar-refractivity contribution in [3.63, 3.8) is 0 Å². The minimum absolute atomic E-state index is 0.165. The minimum Gasteiger partial charge on any atom is -0.491 e. The fourth-order valence-corrected chi connectivity index (χ4v) is 3.36. The number of hydrogen-bond donors (Lipinski definition) is 2. The molecule has 1 heterocycles. The molecule has 7 nitrogen and oxygen atoms in total. The number of aliphatic hydroxyl groups excluding tert-OH is 1. The Bertz CT molecular complexity index is 910. The molecule has 0 aromatic heterocycles. The van der Waals surface area contributed by atoms with E-state index in [-0.39, 0.29) is 25.4 Å². The lowest BCUT2D eigenvalue weighted by Gasteiger charge is -2.23. The number of aliphatic carboxylic acids is 1. The van der Waals surface area contributed by atoms with Crippen LogP contribution in [0.3, 0.4) is 0 Å². The zero-order valence-corrected chi connectivity index (χ0v) is 17.0. The van der Waals surface area contributed by atoms with Crippen molar-refractivity contribution in [1.29, 1.82) is 0 Å². The second-order valence-electron chi connectivity index (χ2n) is 7.35. The Hall–Kier alpha value is -2.98. The van der Waals surface area contributed by atoms with Crippen molar-refractivity contribution >= 4 is 5.97 Å². The van der Waals surface area contributed by atoms with Gasteiger partial charge in [-0.1, -0.05) is 24.3 Å². The molecule has 0 amide bonds. The Labute approximate surface area is 182 Å². The van der Waals surface area contributed by atoms with E-state index >= 15 is 0 Å². The summed E-state index contributed by atoms with van der Waals surface area (Å²) in [6.45, 7) is -0.119. The van der Waals surface area contributed by atoms with Crippen molar-refractivity contribution in [2.75, 3.05) is 19.8 Å². The van der Waals surface area contributed by atoms with E-state index in [0.717, 1.165) is 6.07 Å². The topological polar surface area (TPSA) is 94.5 Å². The van der Waals surface area contributed by atoms with Crippen molar-refractivity contribution < 1.29 is 47.1 Å². The highest BCUT2D eigenvalue weighted by Crippen LogP contribution is 2.32. The number of hydrogen-bond acceptors (Lipinski definition) is 6. The second-order valence-corrected chi connectivity index (χ2v) is 7.35. The van der Waals surface area contributed by atoms with Crippen LogP contribution in [0, 0.1) is 0 Å². The number of benzene rings is 2. The summed E-state index contributed by atoms with van der Waals surface area (Å²) in [6, 6.07) is 12.0. The van der Waals surface area contributed by atoms with Gasteiger partial charge >= 0.3 is 12.3 Å². The number of rotatable bonds is 10. The number of carboxylic acid groups (broad SMARTS) is 1. The maximum Gasteiger partial charge on any atom is 0.573 e. The normalized spacial score (nSPS) is 19.4. The molecule has 1 saturated heterocycles. The maximum atomic E-state index is 12.5. The third-order valence-corrected chi connectivity index (χ3v) is 4.83. The quantitative estimate of drug-likeness (QED) is 0.564. The van der Waals surface area contributed by atoms with Crippen molar-refractivity contribution in [2.45, 2.75) is 37.3 Å². The van der Waals surface area contributed by atoms with Gasteiger partial charge in [0.15, 0.2) is 17.1 Å². The third kappa shape index (κ3) is 6.51. The summed E-state index contributed by atoms with van der Waals surface area (Å²) in [5.74, 6) is -1.28. The zero-order chi connectivity index (χ0) is 23.2. The van der Waals surface area contributed by atoms with Gasteiger partial charge < -0.3 is 29.2 Å². The first kappa shape index (κ1) is 23.7. The van der Waals surface area contributed by atoms with Crippen LogP contribution >= 0.6 is 0 Å². The number of alkyl halides is 3. The Morgan fingerprint density at radius 1 is 1.09 bits per heavy atom. The van der Waals surface area contributed by atoms with E-state index in [0.29, 0.717) is 30.8 Å². The molecule has 1 aliphatic heterocycles. The highest BCUT2D eigenvalue weighted by atomic mass is 19.4. The predicted molar refractivity (Wildman–Crippen MR) is 106 cm³/mol. The van der Waals surface area contributed by atoms with Gasteiger partial charge in [0, 0.05) is 13.0 Å². The fourth-order valence-electron chi connectivity index (χ4n) is 3.36. The standard InChI is InChI=1S/C22H23F3O7/c23-22(24,25)32-19-8-2-1-7-18(19)30-14-16(26)13-29-17-6-3-5-15(11-17)12-21(20(27)28)9-4-10-31-21/h1-3,5-8,11,16,26H,4,9-10,12-14H2,(H,27,28). The van der Waals surface area contributed by atoms with Crippen LogP contribution in [0.1, 0.15) is 18.4 Å². The molecule has 2 atom stereocenters. The first-order valence-electron chi connectivity index (χ1n) is 9.92. The van der Waals surface area contributed by atoms with Crippen molar-refractivity contribution in [1.82, 2.24) is 0 Å². The smallest absolute Gasteiger partial charge is 0.491 e. The van der Waals surface area contributed by atoms with Crippen LogP contribution < -0.4 is 14.2 Å². The molecule has 1 fully saturated rings. The minimum atomic E-state index is -4.87. The molecule has 0 spiro atoms. The van der Waals surface area contributed by atoms with Gasteiger partial charge in [-0.15, -0.1) is 13.2 Å². The molecule has 2 aromatic carbocycles. The highest BCUT2D eigenvalue weighted by molar-refractivity contribution is 5.78. The van der Waals surface area contributed by atoms with Crippen LogP contribution in [0.2, 0.25) is 0 Å². The van der Waals surface area contributed by atoms with Gasteiger partial charge in [0.25, 0.3) is 0 Å². The Morgan fingerprint density at radius 2 is 1.81 bits per heavy atom. The lowest BCUT2D eigenvalue weighted by Crippen LogP contribution is -2.40. The zero-order valence-electron chi connectivity index (χ0n) is 17.0. The molecule has 3 rings (SSSR count). The van der Waals surface area contributed by atoms with Crippen LogP contribution in [-0.2, 0) is 16.0 Å². The van der Waals surface area contributed by atoms with Crippen LogP contribution in [0.15, 0.2) is 48.5 Å². The van der Waals surface area contributed by atoms with Gasteiger partial charge in [-0.2, -0.15) is 0 Å². The van der Waals surface area contributed by atoms with Gasteiger partial charge in [0.2, 0.25) is 0 Å². The summed E-state index contributed by atoms with van der Waals surface area (Å²) in [6.07, 6.45) is -4.73. The van der Waals surface area contributed by atoms with Crippen LogP contribution in [0.5, 0.6) is 17.2 Å². The average molecular weight is 456 g/mol. The molecule has 174 valence electrons. The number of para-hydroxylation sites is 2. The summed E-state index contributed by atoms with van der Waals surface area (Å²) in [4.78, 5) is 11.6. The summed E-state index contributed by atoms with van der Waals surface area (Å²) in [7, 11) is 0. The number of carbonyl (C=O) groups is 1. The molecule has 1 aliphatic rings. The predicted octanol–water partition coefficient (Wildman–Crippen LogP) is 3.58. The lowest BCUT2D eigenvalue weighted by molar-refractivity contribution is -0.275. The molecule has 0 saturated carbocycles. The van der Waals surface area contributed by atoms with E-state index in [9.17, 15) is 28.2 Å². The SMILES string of the molecule is O=C(O)C1(Cc2cccc(OCC(O)COc3ccccc3OC(F)(F)F)c2)CCCO1. The molecule has 2 N–H and O–H groups in total. The van der Waals surface area contributed by atoms with Crippen molar-refractivity contribution in [3.05, 3.63) is 54.1 Å². The van der Waals surface area contributed by atoms with E-state index in [4.69, 9.17) is 14.2 Å². The van der Waals surface area contributed by atoms with Gasteiger partial charge in [0.05, 0.1) is 0 Å². The summed E-state index contributed by atoms with van der Waals surface area (Å²) in [5, 5.41) is 19.6. The molecule has 0 bridgehead atoms. The first-order valence-corrected chi connectivity index (χ1v) is 9.92. The van der Waals surface area contributed by atoms with Crippen LogP contribution in [-0.4, -0.2) is 54.1 Å². The molecular formula is C22H23F3O7. The molecule has 2 aromatic rings. The fraction of sp³-hybridized carbons (Fsp3) is 0.409. The van der Waals surface area contributed by atoms with E-state index < -0.39 is 29.8 Å². The van der Waals surface area contributed by atoms with Gasteiger partial charge in [-0.25, -0.2) is 4.79 Å². The van der Waals surface area contributed by atoms with Crippen LogP contribution in [0.25, 0.3) is 0 Å². The van der Waals surface area contributed by atoms with Gasteiger partial charge in [-0.05, 0) is 42.7 Å². The Balaban J connectivity index is 1.53. The molecule has 2 unspecified atom stereocenters. The van der Waals surface area contributed by atoms with E-state index in [1.165, 1.54) is 18.2 Å². The third-order valence-electron chi connectivity index (χ3n) is 4.83. The lowest BCUT2D eigenvalue weighted by atomic mass is 9.91. The molecule has 32 heavy (non-hydrogen) atoms. The highest BCUT2D eigenvalue weighted by Gasteiger charge is 2.43. The summed E-state index contributed by atoms with van der Waals surface area (Å²) in [5.41, 5.74) is -0.548. The number of ether oxygens (including phenoxy) is 4. The van der Waals surface area contributed by atoms with Crippen molar-refractivity contribution in [3.8, 4) is 17.2 Å². The van der Waals surface area contributed by atoms with Gasteiger partial charge in [-0.3, -0.25) is 0 Å². The molecular weight excluding hydrogens is 433 g/mol. The van der Waals surface area contributed by atoms with E-state index in [2.05, 4.69) is 4.74 Å². The number of halogens is 3. The van der Waals surface area contributed by atoms with E-state index in [1.54, 1.807) is 24.3 Å². The largest absolute Gasteiger partial charge is 0.573 e. The molecule has 10 heteroatoms. The first-order chi connectivity index (χ1) is 15.2. The number of aliphatic hydroxyl groups is 1. The Morgan fingerprint density at radius 3 is 2.47 bits per heavy atom. The summed E-state index contributed by atoms with van der Waals surface area (Å²) >= 11 is 0. The summed E-state index contributed by atoms with van der Waals surface area (Å²) < 4.78 is 57.6. The number of carboxylic acids is 1. The second kappa shape index (κ2) is 10.1. The van der Waals surface area contributed by atoms with Crippen molar-refractivity contribution in [2.24, 2.45) is 0 Å². The Kier molecular flexibility index (Phi) is 7.47. The monoisotopic (exact) mass is 456 g/mol. The maximum absolute atomic E-state index is 12.5.